The van der Waals surface area contributed by atoms with E-state index in [2.05, 4.69) is 6.58 Å². The number of carbonyl (C=O) groups excluding carboxylic acids is 1. The first-order valence-electron chi connectivity index (χ1n) is 8.22. The molecule has 0 aliphatic carbocycles. The molecule has 1 amide bonds. The molecule has 1 fully saturated rings. The summed E-state index contributed by atoms with van der Waals surface area (Å²) >= 11 is 6.41. The number of amides is 1. The third-order valence-corrected chi connectivity index (χ3v) is 5.41. The zero-order valence-electron chi connectivity index (χ0n) is 14.7. The predicted molar refractivity (Wildman–Crippen MR) is 108 cm³/mol. The Morgan fingerprint density at radius 3 is 2.62 bits per heavy atom. The van der Waals surface area contributed by atoms with Crippen LogP contribution in [-0.4, -0.2) is 38.9 Å². The van der Waals surface area contributed by atoms with E-state index in [9.17, 15) is 14.7 Å². The van der Waals surface area contributed by atoms with Gasteiger partial charge >= 0.3 is 5.97 Å². The highest BCUT2D eigenvalue weighted by Crippen LogP contribution is 2.36. The second-order valence-corrected chi connectivity index (χ2v) is 7.56. The minimum atomic E-state index is -1.04. The summed E-state index contributed by atoms with van der Waals surface area (Å²) in [5.74, 6) is -0.895. The van der Waals surface area contributed by atoms with Crippen molar-refractivity contribution in [2.45, 2.75) is 26.3 Å². The monoisotopic (exact) mass is 391 g/mol. The van der Waals surface area contributed by atoms with Gasteiger partial charge in [0.1, 0.15) is 22.7 Å². The van der Waals surface area contributed by atoms with Gasteiger partial charge in [0.15, 0.2) is 0 Å². The van der Waals surface area contributed by atoms with Gasteiger partial charge in [0.2, 0.25) is 0 Å². The molecule has 1 aliphatic rings. The Morgan fingerprint density at radius 2 is 2.08 bits per heavy atom. The maximum absolute atomic E-state index is 12.7. The quantitative estimate of drug-likeness (QED) is 0.411. The number of carbonyl (C=O) groups is 2. The standard InChI is InChI=1S/C19H21NO4S2/c1-4-10-24-14-8-6-13(7-9-14)11-15-17(21)20(19(25)26-15)16(18(22)23)12(3)5-2/h4,6-9,11-12,16H,1,5,10H2,2-3H3,(H,22,23)/b15-11-/t12-,16+/m1/s1. The van der Waals surface area contributed by atoms with Crippen molar-refractivity contribution >= 4 is 46.3 Å². The summed E-state index contributed by atoms with van der Waals surface area (Å²) in [7, 11) is 0. The van der Waals surface area contributed by atoms with Crippen molar-refractivity contribution in [3.8, 4) is 5.75 Å². The number of benzene rings is 1. The molecule has 5 nitrogen and oxygen atoms in total. The molecule has 138 valence electrons. The molecule has 7 heteroatoms. The van der Waals surface area contributed by atoms with Crippen molar-refractivity contribution in [3.63, 3.8) is 0 Å². The van der Waals surface area contributed by atoms with Gasteiger partial charge in [0.05, 0.1) is 4.91 Å². The van der Waals surface area contributed by atoms with E-state index in [0.717, 1.165) is 17.3 Å². The topological polar surface area (TPSA) is 66.8 Å². The summed E-state index contributed by atoms with van der Waals surface area (Å²) in [5, 5.41) is 9.54. The minimum absolute atomic E-state index is 0.198. The van der Waals surface area contributed by atoms with Gasteiger partial charge in [-0.25, -0.2) is 4.79 Å². The first-order valence-corrected chi connectivity index (χ1v) is 9.45. The number of aliphatic carboxylic acids is 1. The van der Waals surface area contributed by atoms with Crippen molar-refractivity contribution in [1.82, 2.24) is 4.90 Å². The van der Waals surface area contributed by atoms with Crippen LogP contribution in [-0.2, 0) is 9.59 Å². The molecule has 0 spiro atoms. The number of rotatable bonds is 8. The van der Waals surface area contributed by atoms with Crippen LogP contribution in [0.25, 0.3) is 6.08 Å². The van der Waals surface area contributed by atoms with Gasteiger partial charge in [-0.05, 0) is 29.7 Å². The van der Waals surface area contributed by atoms with Crippen LogP contribution in [0, 0.1) is 5.92 Å². The lowest BCUT2D eigenvalue weighted by Gasteiger charge is -2.27. The fourth-order valence-electron chi connectivity index (χ4n) is 2.52. The van der Waals surface area contributed by atoms with Gasteiger partial charge in [0.25, 0.3) is 5.91 Å². The average molecular weight is 392 g/mol. The first kappa shape index (κ1) is 20.2. The molecule has 2 rings (SSSR count). The summed E-state index contributed by atoms with van der Waals surface area (Å²) in [6.45, 7) is 7.72. The zero-order valence-corrected chi connectivity index (χ0v) is 16.3. The molecule has 0 unspecified atom stereocenters. The van der Waals surface area contributed by atoms with Crippen molar-refractivity contribution in [2.75, 3.05) is 6.61 Å². The highest BCUT2D eigenvalue weighted by Gasteiger charge is 2.42. The fraction of sp³-hybridized carbons (Fsp3) is 0.316. The Balaban J connectivity index is 2.23. The normalized spacial score (nSPS) is 18.1. The van der Waals surface area contributed by atoms with Gasteiger partial charge in [-0.2, -0.15) is 0 Å². The maximum atomic E-state index is 12.7. The summed E-state index contributed by atoms with van der Waals surface area (Å²) < 4.78 is 5.70. The first-order chi connectivity index (χ1) is 12.4. The van der Waals surface area contributed by atoms with Crippen LogP contribution in [0.5, 0.6) is 5.75 Å². The fourth-order valence-corrected chi connectivity index (χ4v) is 3.85. The summed E-state index contributed by atoms with van der Waals surface area (Å²) in [4.78, 5) is 26.1. The highest BCUT2D eigenvalue weighted by atomic mass is 32.2. The van der Waals surface area contributed by atoms with Crippen LogP contribution in [0.1, 0.15) is 25.8 Å². The summed E-state index contributed by atoms with van der Waals surface area (Å²) in [5.41, 5.74) is 0.812. The molecule has 1 aromatic rings. The molecule has 0 aromatic heterocycles. The smallest absolute Gasteiger partial charge is 0.327 e. The van der Waals surface area contributed by atoms with Gasteiger partial charge < -0.3 is 9.84 Å². The number of carboxylic acid groups (broad SMARTS) is 1. The molecule has 1 N–H and O–H groups in total. The van der Waals surface area contributed by atoms with Crippen LogP contribution in [0.4, 0.5) is 0 Å². The molecule has 1 aromatic carbocycles. The molecular formula is C19H21NO4S2. The lowest BCUT2D eigenvalue weighted by molar-refractivity contribution is -0.147. The minimum Gasteiger partial charge on any atom is -0.490 e. The van der Waals surface area contributed by atoms with Gasteiger partial charge in [0, 0.05) is 0 Å². The number of thiocarbonyl (C=S) groups is 1. The Labute approximate surface area is 162 Å². The lowest BCUT2D eigenvalue weighted by atomic mass is 9.98. The van der Waals surface area contributed by atoms with Gasteiger partial charge in [-0.3, -0.25) is 9.69 Å². The summed E-state index contributed by atoms with van der Waals surface area (Å²) in [6.07, 6.45) is 4.01. The number of carboxylic acids is 1. The van der Waals surface area contributed by atoms with Crippen molar-refractivity contribution in [3.05, 3.63) is 47.4 Å². The lowest BCUT2D eigenvalue weighted by Crippen LogP contribution is -2.47. The maximum Gasteiger partial charge on any atom is 0.327 e. The molecule has 2 atom stereocenters. The second-order valence-electron chi connectivity index (χ2n) is 5.89. The predicted octanol–water partition coefficient (Wildman–Crippen LogP) is 3.95. The van der Waals surface area contributed by atoms with E-state index in [0.29, 0.717) is 23.7 Å². The number of nitrogens with zero attached hydrogens (tertiary/aromatic N) is 1. The molecule has 1 aliphatic heterocycles. The Morgan fingerprint density at radius 1 is 1.42 bits per heavy atom. The number of hydrogen-bond donors (Lipinski definition) is 1. The van der Waals surface area contributed by atoms with Crippen molar-refractivity contribution in [2.24, 2.45) is 5.92 Å². The third kappa shape index (κ3) is 4.53. The molecule has 0 bridgehead atoms. The molecule has 1 saturated heterocycles. The van der Waals surface area contributed by atoms with Crippen LogP contribution >= 0.6 is 24.0 Å². The average Bonchev–Trinajstić information content (AvgIpc) is 2.88. The number of hydrogen-bond acceptors (Lipinski definition) is 5. The third-order valence-electron chi connectivity index (χ3n) is 4.08. The van der Waals surface area contributed by atoms with Crippen LogP contribution < -0.4 is 4.74 Å². The Hall–Kier alpha value is -2.12. The van der Waals surface area contributed by atoms with E-state index in [1.54, 1.807) is 24.3 Å². The van der Waals surface area contributed by atoms with Crippen LogP contribution in [0.2, 0.25) is 0 Å². The second kappa shape index (κ2) is 9.00. The Kier molecular flexibility index (Phi) is 6.99. The molecule has 1 heterocycles. The zero-order chi connectivity index (χ0) is 19.3. The van der Waals surface area contributed by atoms with Crippen LogP contribution in [0.3, 0.4) is 0 Å². The van der Waals surface area contributed by atoms with E-state index in [1.807, 2.05) is 26.0 Å². The van der Waals surface area contributed by atoms with Crippen molar-refractivity contribution in [1.29, 1.82) is 0 Å². The van der Waals surface area contributed by atoms with E-state index in [4.69, 9.17) is 17.0 Å². The SMILES string of the molecule is C=CCOc1ccc(/C=C2\SC(=S)N([C@H](C(=O)O)[C@H](C)CC)C2=O)cc1. The summed E-state index contributed by atoms with van der Waals surface area (Å²) in [6, 6.07) is 6.31. The van der Waals surface area contributed by atoms with E-state index < -0.39 is 12.0 Å². The Bertz CT molecular complexity index is 742. The van der Waals surface area contributed by atoms with Gasteiger partial charge in [-0.1, -0.05) is 69.0 Å². The molecule has 0 radical (unpaired) electrons. The molecule has 0 saturated carbocycles. The van der Waals surface area contributed by atoms with E-state index in [1.165, 1.54) is 4.90 Å². The molecule has 26 heavy (non-hydrogen) atoms. The largest absolute Gasteiger partial charge is 0.490 e. The van der Waals surface area contributed by atoms with Crippen LogP contribution in [0.15, 0.2) is 41.8 Å². The van der Waals surface area contributed by atoms with E-state index >= 15 is 0 Å². The molecular weight excluding hydrogens is 370 g/mol. The van der Waals surface area contributed by atoms with E-state index in [-0.39, 0.29) is 16.1 Å². The number of ether oxygens (including phenoxy) is 1. The highest BCUT2D eigenvalue weighted by molar-refractivity contribution is 8.26. The van der Waals surface area contributed by atoms with Crippen molar-refractivity contribution < 1.29 is 19.4 Å². The number of thioether (sulfide) groups is 1. The van der Waals surface area contributed by atoms with Gasteiger partial charge in [-0.15, -0.1) is 0 Å².